The predicted molar refractivity (Wildman–Crippen MR) is 122 cm³/mol. The van der Waals surface area contributed by atoms with Crippen molar-refractivity contribution in [1.29, 1.82) is 0 Å². The van der Waals surface area contributed by atoms with Gasteiger partial charge in [0.15, 0.2) is 23.0 Å². The monoisotopic (exact) mass is 426 g/mol. The largest absolute Gasteiger partial charge is 0.449 e. The number of allylic oxidation sites excluding steroid dienone is 1. The van der Waals surface area contributed by atoms with Gasteiger partial charge in [-0.05, 0) is 54.8 Å². The van der Waals surface area contributed by atoms with Crippen LogP contribution in [0, 0.1) is 22.7 Å². The molecule has 5 rings (SSSR count). The minimum Gasteiger partial charge on any atom is -0.449 e. The summed E-state index contributed by atoms with van der Waals surface area (Å²) in [4.78, 5) is 0. The van der Waals surface area contributed by atoms with Crippen LogP contribution in [0.5, 0.6) is 23.0 Å². The first-order valence-corrected chi connectivity index (χ1v) is 11.9. The molecule has 1 aromatic rings. The van der Waals surface area contributed by atoms with Gasteiger partial charge in [0.1, 0.15) is 0 Å². The summed E-state index contributed by atoms with van der Waals surface area (Å²) in [6.45, 7) is 19.8. The molecule has 31 heavy (non-hydrogen) atoms. The van der Waals surface area contributed by atoms with Crippen LogP contribution in [0.4, 0.5) is 0 Å². The standard InChI is InChI=1S/C27H38O4/c1-16-10-11-21-24(2,3)12-9-13-27(21,8)18(16)14-17-22-19(28-25(4,5)30-22)15-20-23(17)31-26(6,7)29-20/h15,18,21H,1,9-14H2,2-8H3/t18-,21-,27+/m0/s1. The van der Waals surface area contributed by atoms with Gasteiger partial charge in [-0.25, -0.2) is 0 Å². The maximum Gasteiger partial charge on any atom is 0.246 e. The van der Waals surface area contributed by atoms with Crippen molar-refractivity contribution in [2.75, 3.05) is 0 Å². The van der Waals surface area contributed by atoms with Gasteiger partial charge in [-0.15, -0.1) is 0 Å². The molecular formula is C27H38O4. The Morgan fingerprint density at radius 3 is 2.03 bits per heavy atom. The summed E-state index contributed by atoms with van der Waals surface area (Å²) < 4.78 is 24.9. The quantitative estimate of drug-likeness (QED) is 0.475. The second-order valence-electron chi connectivity index (χ2n) is 12.1. The molecule has 2 aliphatic carbocycles. The minimum atomic E-state index is -0.690. The predicted octanol–water partition coefficient (Wildman–Crippen LogP) is 7.04. The third kappa shape index (κ3) is 3.24. The molecule has 170 valence electrons. The number of fused-ring (bicyclic) bond motifs is 3. The molecule has 3 atom stereocenters. The summed E-state index contributed by atoms with van der Waals surface area (Å²) in [5.74, 6) is 2.86. The molecule has 4 aliphatic rings. The van der Waals surface area contributed by atoms with Gasteiger partial charge >= 0.3 is 0 Å². The van der Waals surface area contributed by atoms with E-state index in [0.29, 0.717) is 17.3 Å². The maximum atomic E-state index is 6.32. The molecule has 2 aliphatic heterocycles. The van der Waals surface area contributed by atoms with Gasteiger partial charge in [0.2, 0.25) is 11.6 Å². The number of ether oxygens (including phenoxy) is 4. The Bertz CT molecular complexity index is 899. The van der Waals surface area contributed by atoms with Gasteiger partial charge in [-0.2, -0.15) is 0 Å². The van der Waals surface area contributed by atoms with Crippen LogP contribution in [0.2, 0.25) is 0 Å². The fraction of sp³-hybridized carbons (Fsp3) is 0.704. The second-order valence-corrected chi connectivity index (χ2v) is 12.1. The molecule has 0 spiro atoms. The zero-order chi connectivity index (χ0) is 22.4. The summed E-state index contributed by atoms with van der Waals surface area (Å²) >= 11 is 0. The summed E-state index contributed by atoms with van der Waals surface area (Å²) in [6.07, 6.45) is 7.08. The Kier molecular flexibility index (Phi) is 4.31. The molecule has 4 nitrogen and oxygen atoms in total. The van der Waals surface area contributed by atoms with E-state index in [9.17, 15) is 0 Å². The van der Waals surface area contributed by atoms with E-state index < -0.39 is 11.6 Å². The lowest BCUT2D eigenvalue weighted by Gasteiger charge is -2.58. The van der Waals surface area contributed by atoms with Crippen molar-refractivity contribution in [3.63, 3.8) is 0 Å². The average molecular weight is 427 g/mol. The van der Waals surface area contributed by atoms with E-state index in [-0.39, 0.29) is 5.41 Å². The zero-order valence-corrected chi connectivity index (χ0v) is 20.3. The van der Waals surface area contributed by atoms with Crippen molar-refractivity contribution in [2.24, 2.45) is 22.7 Å². The molecule has 0 bridgehead atoms. The van der Waals surface area contributed by atoms with Gasteiger partial charge in [-0.3, -0.25) is 0 Å². The van der Waals surface area contributed by atoms with Crippen molar-refractivity contribution < 1.29 is 18.9 Å². The molecule has 0 N–H and O–H groups in total. The van der Waals surface area contributed by atoms with E-state index in [1.165, 1.54) is 31.3 Å². The van der Waals surface area contributed by atoms with E-state index in [4.69, 9.17) is 18.9 Å². The molecule has 0 aromatic heterocycles. The Labute approximate surface area is 187 Å². The average Bonchev–Trinajstić information content (AvgIpc) is 3.09. The second kappa shape index (κ2) is 6.36. The number of rotatable bonds is 2. The highest BCUT2D eigenvalue weighted by atomic mass is 16.7. The van der Waals surface area contributed by atoms with Gasteiger partial charge in [0, 0.05) is 39.3 Å². The highest BCUT2D eigenvalue weighted by molar-refractivity contribution is 5.64. The lowest BCUT2D eigenvalue weighted by molar-refractivity contribution is -0.0554. The van der Waals surface area contributed by atoms with E-state index >= 15 is 0 Å². The smallest absolute Gasteiger partial charge is 0.246 e. The minimum absolute atomic E-state index is 0.233. The Balaban J connectivity index is 1.59. The van der Waals surface area contributed by atoms with E-state index in [0.717, 1.165) is 41.4 Å². The Morgan fingerprint density at radius 1 is 0.871 bits per heavy atom. The molecule has 0 amide bonds. The van der Waals surface area contributed by atoms with Crippen molar-refractivity contribution >= 4 is 0 Å². The zero-order valence-electron chi connectivity index (χ0n) is 20.3. The first-order valence-electron chi connectivity index (χ1n) is 11.9. The van der Waals surface area contributed by atoms with Gasteiger partial charge in [0.25, 0.3) is 0 Å². The molecule has 2 heterocycles. The molecule has 0 saturated heterocycles. The summed E-state index contributed by atoms with van der Waals surface area (Å²) in [6, 6.07) is 1.93. The van der Waals surface area contributed by atoms with Crippen LogP contribution in [-0.2, 0) is 6.42 Å². The van der Waals surface area contributed by atoms with E-state index in [1.54, 1.807) is 0 Å². The Hall–Kier alpha value is -1.84. The summed E-state index contributed by atoms with van der Waals surface area (Å²) in [5, 5.41) is 0. The molecule has 2 saturated carbocycles. The maximum absolute atomic E-state index is 6.32. The van der Waals surface area contributed by atoms with Crippen LogP contribution in [0.1, 0.15) is 86.1 Å². The summed E-state index contributed by atoms with van der Waals surface area (Å²) in [5.41, 5.74) is 3.06. The van der Waals surface area contributed by atoms with Crippen LogP contribution in [0.3, 0.4) is 0 Å². The van der Waals surface area contributed by atoms with E-state index in [1.807, 2.05) is 33.8 Å². The van der Waals surface area contributed by atoms with Crippen LogP contribution in [0.15, 0.2) is 18.2 Å². The lowest BCUT2D eigenvalue weighted by atomic mass is 9.47. The highest BCUT2D eigenvalue weighted by Gasteiger charge is 2.53. The van der Waals surface area contributed by atoms with Crippen molar-refractivity contribution in [1.82, 2.24) is 0 Å². The van der Waals surface area contributed by atoms with Crippen molar-refractivity contribution in [3.8, 4) is 23.0 Å². The van der Waals surface area contributed by atoms with Crippen molar-refractivity contribution in [2.45, 2.75) is 98.6 Å². The van der Waals surface area contributed by atoms with Gasteiger partial charge in [-0.1, -0.05) is 39.3 Å². The first kappa shape index (κ1) is 21.0. The molecular weight excluding hydrogens is 388 g/mol. The van der Waals surface area contributed by atoms with Gasteiger partial charge in [0.05, 0.1) is 0 Å². The number of benzene rings is 1. The molecule has 0 radical (unpaired) electrons. The topological polar surface area (TPSA) is 36.9 Å². The first-order chi connectivity index (χ1) is 14.3. The normalized spacial score (nSPS) is 33.8. The van der Waals surface area contributed by atoms with Crippen molar-refractivity contribution in [3.05, 3.63) is 23.8 Å². The molecule has 0 unspecified atom stereocenters. The SMILES string of the molecule is C=C1CC[C@H]2C(C)(C)CCC[C@]2(C)[C@H]1Cc1c2c(cc3c1OC(C)(C)O3)OC(C)(C)O2. The third-order valence-corrected chi connectivity index (χ3v) is 8.39. The molecule has 4 heteroatoms. The highest BCUT2D eigenvalue weighted by Crippen LogP contribution is 2.63. The van der Waals surface area contributed by atoms with E-state index in [2.05, 4.69) is 27.4 Å². The fourth-order valence-corrected chi connectivity index (χ4v) is 7.13. The Morgan fingerprint density at radius 2 is 1.45 bits per heavy atom. The summed E-state index contributed by atoms with van der Waals surface area (Å²) in [7, 11) is 0. The van der Waals surface area contributed by atoms with Crippen LogP contribution in [-0.4, -0.2) is 11.6 Å². The lowest BCUT2D eigenvalue weighted by Crippen LogP contribution is -2.50. The van der Waals surface area contributed by atoms with Crippen LogP contribution in [0.25, 0.3) is 0 Å². The van der Waals surface area contributed by atoms with Crippen LogP contribution >= 0.6 is 0 Å². The number of hydrogen-bond acceptors (Lipinski definition) is 4. The van der Waals surface area contributed by atoms with Crippen LogP contribution < -0.4 is 18.9 Å². The van der Waals surface area contributed by atoms with Gasteiger partial charge < -0.3 is 18.9 Å². The fourth-order valence-electron chi connectivity index (χ4n) is 7.13. The molecule has 2 fully saturated rings. The third-order valence-electron chi connectivity index (χ3n) is 8.39. The number of hydrogen-bond donors (Lipinski definition) is 0. The molecule has 1 aromatic carbocycles.